The molecule has 4 aliphatic heterocycles. The van der Waals surface area contributed by atoms with Crippen molar-refractivity contribution in [3.8, 4) is 23.0 Å². The zero-order chi connectivity index (χ0) is 70.0. The predicted molar refractivity (Wildman–Crippen MR) is 359 cm³/mol. The lowest BCUT2D eigenvalue weighted by Gasteiger charge is -2.31. The molecule has 4 atom stereocenters. The van der Waals surface area contributed by atoms with Crippen LogP contribution in [0.1, 0.15) is 105 Å². The monoisotopic (exact) mass is 1370 g/mol. The van der Waals surface area contributed by atoms with Crippen LogP contribution in [0.4, 0.5) is 21.9 Å². The van der Waals surface area contributed by atoms with Crippen molar-refractivity contribution in [1.82, 2.24) is 25.8 Å². The molecule has 540 valence electrons. The zero-order valence-electron chi connectivity index (χ0n) is 57.2. The maximum Gasteiger partial charge on any atom is 0.416 e. The number of aliphatic hydroxyl groups is 1. The van der Waals surface area contributed by atoms with Crippen molar-refractivity contribution in [2.24, 2.45) is 0 Å². The van der Waals surface area contributed by atoms with Crippen molar-refractivity contribution in [2.75, 3.05) is 168 Å². The van der Waals surface area contributed by atoms with Crippen LogP contribution in [0.2, 0.25) is 0 Å². The molecule has 0 aromatic heterocycles. The molecular formula is C69H98N8O21. The zero-order valence-corrected chi connectivity index (χ0v) is 57.2. The molecule has 29 heteroatoms. The van der Waals surface area contributed by atoms with Gasteiger partial charge in [-0.3, -0.25) is 28.8 Å². The molecule has 7 amide bonds. The fraction of sp³-hybridized carbons (Fsp3) is 0.580. The van der Waals surface area contributed by atoms with E-state index in [2.05, 4.69) is 26.6 Å². The van der Waals surface area contributed by atoms with Gasteiger partial charge in [-0.1, -0.05) is 30.2 Å². The fourth-order valence-electron chi connectivity index (χ4n) is 10.8. The molecule has 3 aromatic carbocycles. The fourth-order valence-corrected chi connectivity index (χ4v) is 10.8. The van der Waals surface area contributed by atoms with Gasteiger partial charge >= 0.3 is 6.09 Å². The third-order valence-corrected chi connectivity index (χ3v) is 15.9. The Morgan fingerprint density at radius 1 is 0.592 bits per heavy atom. The van der Waals surface area contributed by atoms with E-state index in [9.17, 15) is 38.7 Å². The lowest BCUT2D eigenvalue weighted by molar-refractivity contribution is -0.128. The van der Waals surface area contributed by atoms with Gasteiger partial charge in [-0.2, -0.15) is 0 Å². The quantitative estimate of drug-likeness (QED) is 0.0382. The summed E-state index contributed by atoms with van der Waals surface area (Å²) in [6.07, 6.45) is 5.58. The van der Waals surface area contributed by atoms with E-state index in [1.54, 1.807) is 41.4 Å². The highest BCUT2D eigenvalue weighted by molar-refractivity contribution is 6.07. The van der Waals surface area contributed by atoms with Gasteiger partial charge in [-0.15, -0.1) is 0 Å². The lowest BCUT2D eigenvalue weighted by Crippen LogP contribution is -2.50. The Morgan fingerprint density at radius 3 is 1.69 bits per heavy atom. The van der Waals surface area contributed by atoms with Crippen LogP contribution in [0.5, 0.6) is 23.0 Å². The molecule has 4 heterocycles. The summed E-state index contributed by atoms with van der Waals surface area (Å²) in [5.41, 5.74) is 4.28. The standard InChI is InChI=1S/C69H98N8O21/c1-7-11-62(78)70-17-21-89-23-25-91-27-29-93-31-33-95-35-34-94-32-30-92-28-26-90-24-22-88-20-16-63(79)72-43-64(80)73-49(4)65(81)74-51-14-12-50(13-15-51)46-98-69(85)77-56-41-61(59(87-6)39-54(56)67(83)76-45-48(3)37-57(76)68(77)84)97-19-10-8-9-18-96-60-40-55-53(38-58(60)86-5)66(82)75-44-47(2)36-52(75)42-71-55/h12-15,38-41,44-45,49,52,57,68,71,84H,7-11,16-37,42-43,46H2,1-6H3,(H,70,78)(H,72,79)(H,73,80)(H,74,81)/t49-,52?,57-,68-/m0/s1. The van der Waals surface area contributed by atoms with Crippen LogP contribution < -0.4 is 50.4 Å². The summed E-state index contributed by atoms with van der Waals surface area (Å²) < 4.78 is 73.3. The average Bonchev–Trinajstić information content (AvgIpc) is 1.59. The van der Waals surface area contributed by atoms with Gasteiger partial charge in [0, 0.05) is 56.2 Å². The summed E-state index contributed by atoms with van der Waals surface area (Å²) in [6.45, 7) is 14.6. The van der Waals surface area contributed by atoms with Crippen molar-refractivity contribution in [1.29, 1.82) is 0 Å². The van der Waals surface area contributed by atoms with Gasteiger partial charge < -0.3 is 103 Å². The molecule has 0 bridgehead atoms. The van der Waals surface area contributed by atoms with Crippen LogP contribution in [0.25, 0.3) is 0 Å². The third-order valence-electron chi connectivity index (χ3n) is 15.9. The van der Waals surface area contributed by atoms with Crippen molar-refractivity contribution < 1.29 is 100 Å². The SMILES string of the molecule is CCCC(=O)NCCOCCOCCOCCOCCOCCOCCOCCOCCC(=O)NCC(=O)N[C@@H](C)C(=O)Nc1ccc(COC(=O)N2c3cc(OCCCCCOc4cc5c(cc4OC)C(=O)N4C=C(C)CC4CN5)c(OC)cc3C(=O)N3C=C(C)C[C@H]3[C@@H]2O)cc1. The maximum atomic E-state index is 14.2. The molecule has 98 heavy (non-hydrogen) atoms. The smallest absolute Gasteiger partial charge is 0.416 e. The number of anilines is 3. The Bertz CT molecular complexity index is 3130. The Kier molecular flexibility index (Phi) is 33.1. The number of rotatable bonds is 46. The minimum Gasteiger partial charge on any atom is -0.493 e. The number of carbonyl (C=O) groups is 7. The molecule has 3 aromatic rings. The van der Waals surface area contributed by atoms with Crippen molar-refractivity contribution in [2.45, 2.75) is 110 Å². The number of hydrogen-bond donors (Lipinski definition) is 6. The predicted octanol–water partition coefficient (Wildman–Crippen LogP) is 5.47. The number of unbranched alkanes of at least 4 members (excludes halogenated alkanes) is 2. The summed E-state index contributed by atoms with van der Waals surface area (Å²) in [6, 6.07) is 11.2. The molecule has 0 aliphatic carbocycles. The van der Waals surface area contributed by atoms with Gasteiger partial charge in [-0.05, 0) is 89.1 Å². The molecule has 6 N–H and O–H groups in total. The number of ether oxygens (including phenoxy) is 13. The van der Waals surface area contributed by atoms with Crippen LogP contribution in [0.15, 0.2) is 72.1 Å². The van der Waals surface area contributed by atoms with E-state index in [0.29, 0.717) is 178 Å². The highest BCUT2D eigenvalue weighted by Gasteiger charge is 2.45. The van der Waals surface area contributed by atoms with Gasteiger partial charge in [0.05, 0.1) is 174 Å². The minimum atomic E-state index is -1.51. The molecule has 4 aliphatic rings. The second kappa shape index (κ2) is 42.0. The summed E-state index contributed by atoms with van der Waals surface area (Å²) in [5, 5.41) is 25.9. The summed E-state index contributed by atoms with van der Waals surface area (Å²) >= 11 is 0. The van der Waals surface area contributed by atoms with Crippen molar-refractivity contribution in [3.63, 3.8) is 0 Å². The first-order valence-corrected chi connectivity index (χ1v) is 33.5. The number of carbonyl (C=O) groups excluding carboxylic acids is 7. The van der Waals surface area contributed by atoms with Gasteiger partial charge in [0.25, 0.3) is 11.8 Å². The highest BCUT2D eigenvalue weighted by Crippen LogP contribution is 2.43. The maximum absolute atomic E-state index is 14.2. The molecule has 7 rings (SSSR count). The lowest BCUT2D eigenvalue weighted by atomic mass is 10.1. The Labute approximate surface area is 572 Å². The average molecular weight is 1380 g/mol. The summed E-state index contributed by atoms with van der Waals surface area (Å²) in [7, 11) is 2.99. The highest BCUT2D eigenvalue weighted by atomic mass is 16.6. The molecule has 0 saturated heterocycles. The number of nitrogens with one attached hydrogen (secondary N) is 5. The minimum absolute atomic E-state index is 0.00828. The van der Waals surface area contributed by atoms with E-state index < -0.39 is 48.0 Å². The number of nitrogens with zero attached hydrogens (tertiary/aromatic N) is 3. The molecule has 29 nitrogen and oxygen atoms in total. The molecule has 0 radical (unpaired) electrons. The Morgan fingerprint density at radius 2 is 1.11 bits per heavy atom. The van der Waals surface area contributed by atoms with Gasteiger partial charge in [0.1, 0.15) is 12.6 Å². The first kappa shape index (κ1) is 77.2. The number of aliphatic hydroxyl groups excluding tert-OH is 1. The van der Waals surface area contributed by atoms with E-state index in [4.69, 9.17) is 61.6 Å². The molecular weight excluding hydrogens is 1280 g/mol. The van der Waals surface area contributed by atoms with Crippen LogP contribution in [-0.2, 0) is 68.4 Å². The van der Waals surface area contributed by atoms with Crippen LogP contribution in [0, 0.1) is 0 Å². The number of benzene rings is 3. The first-order chi connectivity index (χ1) is 47.6. The molecule has 0 fully saturated rings. The third kappa shape index (κ3) is 24.7. The van der Waals surface area contributed by atoms with Crippen LogP contribution >= 0.6 is 0 Å². The Hall–Kier alpha value is -8.13. The van der Waals surface area contributed by atoms with Crippen molar-refractivity contribution in [3.05, 3.63) is 88.8 Å². The van der Waals surface area contributed by atoms with Gasteiger partial charge in [-0.25, -0.2) is 9.69 Å². The van der Waals surface area contributed by atoms with Gasteiger partial charge in [0.15, 0.2) is 29.2 Å². The number of amides is 7. The van der Waals surface area contributed by atoms with Crippen molar-refractivity contribution >= 4 is 58.6 Å². The van der Waals surface area contributed by atoms with E-state index in [1.165, 1.54) is 38.2 Å². The largest absolute Gasteiger partial charge is 0.493 e. The number of methoxy groups -OCH3 is 2. The number of fused-ring (bicyclic) bond motifs is 4. The van der Waals surface area contributed by atoms with E-state index in [1.807, 2.05) is 33.0 Å². The second-order valence-corrected chi connectivity index (χ2v) is 23.6. The van der Waals surface area contributed by atoms with E-state index in [0.717, 1.165) is 28.9 Å². The topological polar surface area (TPSA) is 330 Å². The first-order valence-electron chi connectivity index (χ1n) is 33.5. The Balaban J connectivity index is 0.723. The summed E-state index contributed by atoms with van der Waals surface area (Å²) in [5.74, 6) is -0.544. The van der Waals surface area contributed by atoms with E-state index in [-0.39, 0.29) is 80.0 Å². The van der Waals surface area contributed by atoms with Gasteiger partial charge in [0.2, 0.25) is 23.6 Å². The summed E-state index contributed by atoms with van der Waals surface area (Å²) in [4.78, 5) is 95.5. The van der Waals surface area contributed by atoms with Crippen LogP contribution in [-0.4, -0.2) is 234 Å². The number of hydrogen-bond acceptors (Lipinski definition) is 22. The molecule has 0 saturated carbocycles. The molecule has 0 spiro atoms. The second-order valence-electron chi connectivity index (χ2n) is 23.6. The molecule has 1 unspecified atom stereocenters. The van der Waals surface area contributed by atoms with E-state index >= 15 is 0 Å². The normalized spacial score (nSPS) is 16.4. The van der Waals surface area contributed by atoms with Crippen LogP contribution in [0.3, 0.4) is 0 Å².